The van der Waals surface area contributed by atoms with Crippen LogP contribution in [0.5, 0.6) is 11.5 Å². The average Bonchev–Trinajstić information content (AvgIpc) is 3.26. The van der Waals surface area contributed by atoms with Crippen molar-refractivity contribution in [2.75, 3.05) is 21.3 Å². The van der Waals surface area contributed by atoms with Gasteiger partial charge >= 0.3 is 5.97 Å². The Labute approximate surface area is 198 Å². The average molecular weight is 458 g/mol. The van der Waals surface area contributed by atoms with Crippen LogP contribution in [0.3, 0.4) is 0 Å². The number of ether oxygens (including phenoxy) is 3. The molecule has 0 atom stereocenters. The van der Waals surface area contributed by atoms with Gasteiger partial charge in [-0.05, 0) is 54.4 Å². The second-order valence-corrected chi connectivity index (χ2v) is 7.92. The van der Waals surface area contributed by atoms with Crippen LogP contribution >= 0.6 is 0 Å². The van der Waals surface area contributed by atoms with E-state index >= 15 is 0 Å². The lowest BCUT2D eigenvalue weighted by atomic mass is 10.1. The predicted octanol–water partition coefficient (Wildman–Crippen LogP) is 4.56. The van der Waals surface area contributed by atoms with Crippen molar-refractivity contribution in [1.29, 1.82) is 0 Å². The lowest BCUT2D eigenvalue weighted by molar-refractivity contribution is 0.0600. The summed E-state index contributed by atoms with van der Waals surface area (Å²) in [5.41, 5.74) is 4.67. The Balaban J connectivity index is 1.66. The number of esters is 1. The molecule has 0 unspecified atom stereocenters. The minimum absolute atomic E-state index is 0.355. The molecule has 34 heavy (non-hydrogen) atoms. The molecule has 3 aromatic carbocycles. The summed E-state index contributed by atoms with van der Waals surface area (Å²) in [6.07, 6.45) is 1.11. The fourth-order valence-corrected chi connectivity index (χ4v) is 3.71. The minimum atomic E-state index is -0.355. The van der Waals surface area contributed by atoms with E-state index in [0.29, 0.717) is 35.7 Å². The van der Waals surface area contributed by atoms with Crippen LogP contribution in [0, 0.1) is 6.92 Å². The van der Waals surface area contributed by atoms with Crippen molar-refractivity contribution in [3.8, 4) is 17.2 Å². The Morgan fingerprint density at radius 3 is 2.15 bits per heavy atom. The first-order chi connectivity index (χ1) is 16.5. The first-order valence-electron chi connectivity index (χ1n) is 10.9. The van der Waals surface area contributed by atoms with Crippen molar-refractivity contribution in [3.05, 3.63) is 101 Å². The number of methoxy groups -OCH3 is 3. The number of carbonyl (C=O) groups is 1. The Bertz CT molecular complexity index is 1280. The second kappa shape index (κ2) is 10.2. The van der Waals surface area contributed by atoms with E-state index in [4.69, 9.17) is 24.3 Å². The van der Waals surface area contributed by atoms with E-state index in [1.54, 1.807) is 26.4 Å². The van der Waals surface area contributed by atoms with Gasteiger partial charge in [-0.3, -0.25) is 0 Å². The highest BCUT2D eigenvalue weighted by Crippen LogP contribution is 2.28. The lowest BCUT2D eigenvalue weighted by Gasteiger charge is -2.08. The van der Waals surface area contributed by atoms with Gasteiger partial charge in [-0.1, -0.05) is 35.9 Å². The number of hydrogen-bond acceptors (Lipinski definition) is 6. The maximum Gasteiger partial charge on any atom is 0.337 e. The zero-order valence-electron chi connectivity index (χ0n) is 19.7. The van der Waals surface area contributed by atoms with Gasteiger partial charge in [0.25, 0.3) is 0 Å². The molecule has 0 aliphatic carbocycles. The zero-order chi connectivity index (χ0) is 24.1. The number of benzene rings is 3. The molecule has 0 aliphatic rings. The fraction of sp³-hybridized carbons (Fsp3) is 0.222. The quantitative estimate of drug-likeness (QED) is 0.361. The van der Waals surface area contributed by atoms with Crippen molar-refractivity contribution in [2.45, 2.75) is 19.8 Å². The summed E-state index contributed by atoms with van der Waals surface area (Å²) >= 11 is 0. The van der Waals surface area contributed by atoms with E-state index in [9.17, 15) is 4.79 Å². The van der Waals surface area contributed by atoms with Crippen LogP contribution in [-0.4, -0.2) is 42.1 Å². The third kappa shape index (κ3) is 5.09. The molecule has 0 aliphatic heterocycles. The molecule has 0 saturated carbocycles. The summed E-state index contributed by atoms with van der Waals surface area (Å²) in [6.45, 7) is 2.05. The SMILES string of the molecule is COC(=O)c1ccc(Cc2nc(Cc3ccc(OC)c(OC)c3)nn2-c2ccc(C)cc2)cc1. The standard InChI is InChI=1S/C27H27N3O4/c1-18-5-12-22(13-6-18)30-26(17-19-7-10-21(11-8-19)27(31)34-4)28-25(29-30)16-20-9-14-23(32-2)24(15-20)33-3/h5-15H,16-17H2,1-4H3. The van der Waals surface area contributed by atoms with E-state index in [1.807, 2.05) is 47.1 Å². The summed E-state index contributed by atoms with van der Waals surface area (Å²) in [7, 11) is 4.61. The summed E-state index contributed by atoms with van der Waals surface area (Å²) in [5, 5.41) is 4.82. The number of aryl methyl sites for hydroxylation is 1. The van der Waals surface area contributed by atoms with E-state index < -0.39 is 0 Å². The number of aromatic nitrogens is 3. The fourth-order valence-electron chi connectivity index (χ4n) is 3.71. The molecule has 4 rings (SSSR count). The van der Waals surface area contributed by atoms with Crippen LogP contribution in [-0.2, 0) is 17.6 Å². The van der Waals surface area contributed by atoms with Gasteiger partial charge in [0.1, 0.15) is 5.82 Å². The van der Waals surface area contributed by atoms with Crippen molar-refractivity contribution >= 4 is 5.97 Å². The molecule has 0 bridgehead atoms. The summed E-state index contributed by atoms with van der Waals surface area (Å²) in [5.74, 6) is 2.51. The van der Waals surface area contributed by atoms with E-state index in [1.165, 1.54) is 12.7 Å². The Hall–Kier alpha value is -4.13. The number of rotatable bonds is 8. The van der Waals surface area contributed by atoms with Crippen molar-refractivity contribution in [2.24, 2.45) is 0 Å². The van der Waals surface area contributed by atoms with Crippen LogP contribution in [0.15, 0.2) is 66.7 Å². The van der Waals surface area contributed by atoms with Gasteiger partial charge in [0, 0.05) is 12.8 Å². The highest BCUT2D eigenvalue weighted by Gasteiger charge is 2.15. The zero-order valence-corrected chi connectivity index (χ0v) is 19.7. The second-order valence-electron chi connectivity index (χ2n) is 7.92. The molecule has 1 aromatic heterocycles. The Kier molecular flexibility index (Phi) is 6.92. The van der Waals surface area contributed by atoms with Gasteiger partial charge in [-0.15, -0.1) is 0 Å². The van der Waals surface area contributed by atoms with Gasteiger partial charge in [0.15, 0.2) is 17.3 Å². The van der Waals surface area contributed by atoms with Gasteiger partial charge in [-0.2, -0.15) is 5.10 Å². The third-order valence-corrected chi connectivity index (χ3v) is 5.54. The molecule has 174 valence electrons. The third-order valence-electron chi connectivity index (χ3n) is 5.54. The van der Waals surface area contributed by atoms with Crippen LogP contribution in [0.2, 0.25) is 0 Å². The van der Waals surface area contributed by atoms with Crippen molar-refractivity contribution < 1.29 is 19.0 Å². The van der Waals surface area contributed by atoms with E-state index in [-0.39, 0.29) is 5.97 Å². The van der Waals surface area contributed by atoms with Crippen LogP contribution in [0.1, 0.15) is 38.7 Å². The van der Waals surface area contributed by atoms with Crippen LogP contribution in [0.4, 0.5) is 0 Å². The molecule has 0 radical (unpaired) electrons. The molecule has 0 spiro atoms. The summed E-state index contributed by atoms with van der Waals surface area (Å²) in [4.78, 5) is 16.6. The molecule has 0 amide bonds. The van der Waals surface area contributed by atoms with Crippen molar-refractivity contribution in [1.82, 2.24) is 14.8 Å². The number of carbonyl (C=O) groups excluding carboxylic acids is 1. The van der Waals surface area contributed by atoms with Crippen LogP contribution in [0.25, 0.3) is 5.69 Å². The van der Waals surface area contributed by atoms with E-state index in [2.05, 4.69) is 19.1 Å². The smallest absolute Gasteiger partial charge is 0.337 e. The highest BCUT2D eigenvalue weighted by atomic mass is 16.5. The highest BCUT2D eigenvalue weighted by molar-refractivity contribution is 5.89. The van der Waals surface area contributed by atoms with Crippen molar-refractivity contribution in [3.63, 3.8) is 0 Å². The normalized spacial score (nSPS) is 10.7. The number of hydrogen-bond donors (Lipinski definition) is 0. The molecule has 1 heterocycles. The first kappa shape index (κ1) is 23.0. The van der Waals surface area contributed by atoms with Crippen LogP contribution < -0.4 is 9.47 Å². The molecule has 0 N–H and O–H groups in total. The molecule has 7 heteroatoms. The van der Waals surface area contributed by atoms with Gasteiger partial charge < -0.3 is 14.2 Å². The topological polar surface area (TPSA) is 75.5 Å². The maximum absolute atomic E-state index is 11.7. The molecule has 0 saturated heterocycles. The molecule has 0 fully saturated rings. The lowest BCUT2D eigenvalue weighted by Crippen LogP contribution is -2.05. The molecule has 4 aromatic rings. The Morgan fingerprint density at radius 1 is 0.824 bits per heavy atom. The first-order valence-corrected chi connectivity index (χ1v) is 10.9. The summed E-state index contributed by atoms with van der Waals surface area (Å²) < 4.78 is 17.4. The molecular formula is C27H27N3O4. The number of nitrogens with zero attached hydrogens (tertiary/aromatic N) is 3. The van der Waals surface area contributed by atoms with Gasteiger partial charge in [0.05, 0.1) is 32.6 Å². The monoisotopic (exact) mass is 457 g/mol. The van der Waals surface area contributed by atoms with Gasteiger partial charge in [0.2, 0.25) is 0 Å². The van der Waals surface area contributed by atoms with E-state index in [0.717, 1.165) is 22.6 Å². The molecular weight excluding hydrogens is 430 g/mol. The Morgan fingerprint density at radius 2 is 1.50 bits per heavy atom. The maximum atomic E-state index is 11.7. The molecule has 7 nitrogen and oxygen atoms in total. The largest absolute Gasteiger partial charge is 0.493 e. The minimum Gasteiger partial charge on any atom is -0.493 e. The van der Waals surface area contributed by atoms with Gasteiger partial charge in [-0.25, -0.2) is 14.5 Å². The predicted molar refractivity (Wildman–Crippen MR) is 129 cm³/mol. The summed E-state index contributed by atoms with van der Waals surface area (Å²) in [6, 6.07) is 21.3.